The Labute approximate surface area is 144 Å². The molecular weight excluding hydrogens is 324 g/mol. The number of carbonyl (C=O) groups is 2. The second-order valence-corrected chi connectivity index (χ2v) is 6.46. The van der Waals surface area contributed by atoms with Crippen LogP contribution in [-0.2, 0) is 0 Å². The summed E-state index contributed by atoms with van der Waals surface area (Å²) in [7, 11) is 0. The van der Waals surface area contributed by atoms with Gasteiger partial charge in [0.05, 0.1) is 21.5 Å². The highest BCUT2D eigenvalue weighted by Gasteiger charge is 2.23. The van der Waals surface area contributed by atoms with Gasteiger partial charge in [-0.25, -0.2) is 0 Å². The standard InChI is InChI=1S/C17H18N4O2S/c1-9-4-5-12(10(2)8-9)21-17(23)14-11(3)13(15(19)24-14)16(22)20-7-6-18/h4-5,8H,7,19H2,1-3H3,(H,20,22)(H,21,23). The third-order valence-electron chi connectivity index (χ3n) is 3.57. The Morgan fingerprint density at radius 1 is 1.25 bits per heavy atom. The zero-order chi connectivity index (χ0) is 17.9. The number of rotatable bonds is 4. The van der Waals surface area contributed by atoms with E-state index >= 15 is 0 Å². The average molecular weight is 342 g/mol. The highest BCUT2D eigenvalue weighted by Crippen LogP contribution is 2.31. The summed E-state index contributed by atoms with van der Waals surface area (Å²) < 4.78 is 0. The lowest BCUT2D eigenvalue weighted by atomic mass is 10.1. The van der Waals surface area contributed by atoms with Gasteiger partial charge >= 0.3 is 0 Å². The summed E-state index contributed by atoms with van der Waals surface area (Å²) in [4.78, 5) is 25.0. The van der Waals surface area contributed by atoms with E-state index in [4.69, 9.17) is 11.0 Å². The molecule has 2 aromatic rings. The van der Waals surface area contributed by atoms with E-state index in [1.54, 1.807) is 6.92 Å². The van der Waals surface area contributed by atoms with Gasteiger partial charge in [0.1, 0.15) is 6.54 Å². The van der Waals surface area contributed by atoms with Gasteiger partial charge in [-0.15, -0.1) is 11.3 Å². The molecule has 0 radical (unpaired) electrons. The van der Waals surface area contributed by atoms with Crippen LogP contribution in [0.25, 0.3) is 0 Å². The maximum atomic E-state index is 12.5. The summed E-state index contributed by atoms with van der Waals surface area (Å²) in [6.45, 7) is 5.45. The van der Waals surface area contributed by atoms with Crippen molar-refractivity contribution in [2.75, 3.05) is 17.6 Å². The molecule has 1 heterocycles. The number of thiophene rings is 1. The SMILES string of the molecule is Cc1ccc(NC(=O)c2sc(N)c(C(=O)NCC#N)c2C)c(C)c1. The van der Waals surface area contributed by atoms with Crippen LogP contribution < -0.4 is 16.4 Å². The van der Waals surface area contributed by atoms with Crippen molar-refractivity contribution in [1.29, 1.82) is 5.26 Å². The fourth-order valence-corrected chi connectivity index (χ4v) is 3.34. The number of nitrogen functional groups attached to an aromatic ring is 1. The monoisotopic (exact) mass is 342 g/mol. The van der Waals surface area contributed by atoms with Crippen molar-refractivity contribution in [1.82, 2.24) is 5.32 Å². The quantitative estimate of drug-likeness (QED) is 0.742. The highest BCUT2D eigenvalue weighted by molar-refractivity contribution is 7.18. The Morgan fingerprint density at radius 3 is 2.58 bits per heavy atom. The summed E-state index contributed by atoms with van der Waals surface area (Å²) >= 11 is 1.06. The maximum absolute atomic E-state index is 12.5. The minimum Gasteiger partial charge on any atom is -0.390 e. The molecule has 7 heteroatoms. The first-order valence-corrected chi connectivity index (χ1v) is 8.09. The fourth-order valence-electron chi connectivity index (χ4n) is 2.38. The summed E-state index contributed by atoms with van der Waals surface area (Å²) in [5.41, 5.74) is 9.43. The molecular formula is C17H18N4O2S. The summed E-state index contributed by atoms with van der Waals surface area (Å²) in [6, 6.07) is 7.57. The predicted octanol–water partition coefficient (Wildman–Crippen LogP) is 2.76. The lowest BCUT2D eigenvalue weighted by Crippen LogP contribution is -2.24. The molecule has 0 unspecified atom stereocenters. The van der Waals surface area contributed by atoms with E-state index in [0.29, 0.717) is 16.1 Å². The Bertz CT molecular complexity index is 849. The first kappa shape index (κ1) is 17.5. The van der Waals surface area contributed by atoms with Gasteiger partial charge in [-0.3, -0.25) is 9.59 Å². The number of nitrogens with zero attached hydrogens (tertiary/aromatic N) is 1. The van der Waals surface area contributed by atoms with Crippen LogP contribution in [0.15, 0.2) is 18.2 Å². The van der Waals surface area contributed by atoms with Crippen molar-refractivity contribution in [3.63, 3.8) is 0 Å². The van der Waals surface area contributed by atoms with Gasteiger partial charge in [0.25, 0.3) is 11.8 Å². The van der Waals surface area contributed by atoms with E-state index in [2.05, 4.69) is 10.6 Å². The van der Waals surface area contributed by atoms with Crippen LogP contribution in [-0.4, -0.2) is 18.4 Å². The number of amides is 2. The number of benzene rings is 1. The van der Waals surface area contributed by atoms with Crippen LogP contribution >= 0.6 is 11.3 Å². The van der Waals surface area contributed by atoms with E-state index in [-0.39, 0.29) is 23.0 Å². The molecule has 0 aliphatic rings. The lowest BCUT2D eigenvalue weighted by Gasteiger charge is -2.09. The lowest BCUT2D eigenvalue weighted by molar-refractivity contribution is 0.0959. The second kappa shape index (κ2) is 7.15. The minimum absolute atomic E-state index is 0.113. The molecule has 0 saturated heterocycles. The van der Waals surface area contributed by atoms with E-state index in [1.807, 2.05) is 38.1 Å². The third kappa shape index (κ3) is 3.55. The van der Waals surface area contributed by atoms with Gasteiger partial charge in [0, 0.05) is 5.69 Å². The molecule has 0 fully saturated rings. The van der Waals surface area contributed by atoms with Gasteiger partial charge in [0.2, 0.25) is 0 Å². The molecule has 1 aromatic carbocycles. The number of nitrogens with two attached hydrogens (primary N) is 1. The van der Waals surface area contributed by atoms with Crippen molar-refractivity contribution in [2.45, 2.75) is 20.8 Å². The van der Waals surface area contributed by atoms with Crippen LogP contribution in [0, 0.1) is 32.1 Å². The number of nitrogens with one attached hydrogen (secondary N) is 2. The molecule has 1 aromatic heterocycles. The van der Waals surface area contributed by atoms with E-state index < -0.39 is 5.91 Å². The van der Waals surface area contributed by atoms with Gasteiger partial charge in [-0.1, -0.05) is 17.7 Å². The molecule has 124 valence electrons. The highest BCUT2D eigenvalue weighted by atomic mass is 32.1. The fraction of sp³-hybridized carbons (Fsp3) is 0.235. The minimum atomic E-state index is -0.451. The normalized spacial score (nSPS) is 10.1. The molecule has 0 atom stereocenters. The maximum Gasteiger partial charge on any atom is 0.266 e. The molecule has 6 nitrogen and oxygen atoms in total. The van der Waals surface area contributed by atoms with Crippen LogP contribution in [0.5, 0.6) is 0 Å². The summed E-state index contributed by atoms with van der Waals surface area (Å²) in [6.07, 6.45) is 0. The molecule has 0 aliphatic carbocycles. The Morgan fingerprint density at radius 2 is 1.96 bits per heavy atom. The van der Waals surface area contributed by atoms with Gasteiger partial charge in [-0.2, -0.15) is 5.26 Å². The first-order valence-electron chi connectivity index (χ1n) is 7.27. The van der Waals surface area contributed by atoms with Crippen molar-refractivity contribution >= 4 is 33.8 Å². The van der Waals surface area contributed by atoms with Crippen molar-refractivity contribution < 1.29 is 9.59 Å². The van der Waals surface area contributed by atoms with Crippen LogP contribution in [0.3, 0.4) is 0 Å². The predicted molar refractivity (Wildman–Crippen MR) is 95.3 cm³/mol. The molecule has 2 rings (SSSR count). The Hall–Kier alpha value is -2.85. The van der Waals surface area contributed by atoms with Crippen LogP contribution in [0.4, 0.5) is 10.7 Å². The Balaban J connectivity index is 2.27. The number of anilines is 2. The molecule has 0 aliphatic heterocycles. The molecule has 0 saturated carbocycles. The number of aryl methyl sites for hydroxylation is 2. The van der Waals surface area contributed by atoms with E-state index in [1.165, 1.54) is 0 Å². The zero-order valence-electron chi connectivity index (χ0n) is 13.7. The molecule has 4 N–H and O–H groups in total. The number of nitriles is 1. The summed E-state index contributed by atoms with van der Waals surface area (Å²) in [5.74, 6) is -0.760. The molecule has 0 bridgehead atoms. The summed E-state index contributed by atoms with van der Waals surface area (Å²) in [5, 5.41) is 14.1. The smallest absolute Gasteiger partial charge is 0.266 e. The van der Waals surface area contributed by atoms with Crippen LogP contribution in [0.1, 0.15) is 36.7 Å². The number of hydrogen-bond acceptors (Lipinski definition) is 5. The van der Waals surface area contributed by atoms with E-state index in [0.717, 1.165) is 22.5 Å². The molecule has 0 spiro atoms. The average Bonchev–Trinajstić information content (AvgIpc) is 2.82. The van der Waals surface area contributed by atoms with Gasteiger partial charge in [0.15, 0.2) is 0 Å². The van der Waals surface area contributed by atoms with Gasteiger partial charge < -0.3 is 16.4 Å². The molecule has 2 amide bonds. The number of hydrogen-bond donors (Lipinski definition) is 3. The largest absolute Gasteiger partial charge is 0.390 e. The van der Waals surface area contributed by atoms with Crippen molar-refractivity contribution in [2.24, 2.45) is 0 Å². The van der Waals surface area contributed by atoms with Crippen molar-refractivity contribution in [3.05, 3.63) is 45.3 Å². The van der Waals surface area contributed by atoms with Crippen molar-refractivity contribution in [3.8, 4) is 6.07 Å². The molecule has 24 heavy (non-hydrogen) atoms. The first-order chi connectivity index (χ1) is 11.3. The second-order valence-electron chi connectivity index (χ2n) is 5.41. The number of carbonyl (C=O) groups excluding carboxylic acids is 2. The zero-order valence-corrected chi connectivity index (χ0v) is 14.5. The topological polar surface area (TPSA) is 108 Å². The van der Waals surface area contributed by atoms with E-state index in [9.17, 15) is 9.59 Å². The Kier molecular flexibility index (Phi) is 5.21. The van der Waals surface area contributed by atoms with Gasteiger partial charge in [-0.05, 0) is 38.0 Å². The van der Waals surface area contributed by atoms with Crippen LogP contribution in [0.2, 0.25) is 0 Å². The third-order valence-corrected chi connectivity index (χ3v) is 4.69.